The third kappa shape index (κ3) is 2.80. The molecule has 0 saturated carbocycles. The molecule has 0 radical (unpaired) electrons. The number of aromatic amines is 1. The summed E-state index contributed by atoms with van der Waals surface area (Å²) in [7, 11) is 0. The van der Waals surface area contributed by atoms with E-state index in [4.69, 9.17) is 11.0 Å². The number of hydrogen-bond acceptors (Lipinski definition) is 4. The fourth-order valence-electron chi connectivity index (χ4n) is 1.72. The summed E-state index contributed by atoms with van der Waals surface area (Å²) < 4.78 is 0. The maximum absolute atomic E-state index is 12.3. The number of rotatable bonds is 5. The molecule has 1 rings (SSSR count). The Morgan fingerprint density at radius 2 is 2.28 bits per heavy atom. The number of hydrogen-bond donors (Lipinski definition) is 2. The van der Waals surface area contributed by atoms with Gasteiger partial charge in [-0.3, -0.25) is 9.89 Å². The maximum Gasteiger partial charge on any atom is 0.276 e. The molecule has 6 heteroatoms. The van der Waals surface area contributed by atoms with Gasteiger partial charge in [0.2, 0.25) is 0 Å². The summed E-state index contributed by atoms with van der Waals surface area (Å²) in [5, 5.41) is 15.4. The van der Waals surface area contributed by atoms with Crippen LogP contribution in [0.25, 0.3) is 0 Å². The van der Waals surface area contributed by atoms with Gasteiger partial charge in [0.15, 0.2) is 5.69 Å². The van der Waals surface area contributed by atoms with Crippen LogP contribution in [0, 0.1) is 11.3 Å². The molecule has 1 heterocycles. The molecule has 0 aliphatic heterocycles. The zero-order valence-corrected chi connectivity index (χ0v) is 11.0. The van der Waals surface area contributed by atoms with E-state index >= 15 is 0 Å². The van der Waals surface area contributed by atoms with E-state index in [1.54, 1.807) is 4.90 Å². The van der Waals surface area contributed by atoms with Crippen LogP contribution >= 0.6 is 0 Å². The Morgan fingerprint density at radius 1 is 1.61 bits per heavy atom. The highest BCUT2D eigenvalue weighted by molar-refractivity contribution is 5.97. The molecule has 1 aromatic heterocycles. The standard InChI is InChI=1S/C12H19N5O/c1-4-9-10(14)11(16-15-9)12(18)17(8(2)3)7-5-6-13/h8H,4-5,7,14H2,1-3H3,(H,15,16). The number of amides is 1. The van der Waals surface area contributed by atoms with Crippen LogP contribution in [0.2, 0.25) is 0 Å². The topological polar surface area (TPSA) is 98.8 Å². The van der Waals surface area contributed by atoms with E-state index in [0.29, 0.717) is 25.1 Å². The number of anilines is 1. The first-order chi connectivity index (χ1) is 8.52. The van der Waals surface area contributed by atoms with E-state index in [-0.39, 0.29) is 17.6 Å². The summed E-state index contributed by atoms with van der Waals surface area (Å²) in [5.41, 5.74) is 7.30. The van der Waals surface area contributed by atoms with Gasteiger partial charge in [0.05, 0.1) is 23.9 Å². The molecule has 1 aromatic rings. The Kier molecular flexibility index (Phi) is 4.72. The Labute approximate surface area is 107 Å². The van der Waals surface area contributed by atoms with Crippen LogP contribution < -0.4 is 5.73 Å². The zero-order valence-electron chi connectivity index (χ0n) is 11.0. The lowest BCUT2D eigenvalue weighted by molar-refractivity contribution is 0.0705. The van der Waals surface area contributed by atoms with Gasteiger partial charge in [-0.1, -0.05) is 6.92 Å². The molecule has 0 bridgehead atoms. The van der Waals surface area contributed by atoms with E-state index in [9.17, 15) is 4.79 Å². The smallest absolute Gasteiger partial charge is 0.276 e. The van der Waals surface area contributed by atoms with Crippen molar-refractivity contribution < 1.29 is 4.79 Å². The van der Waals surface area contributed by atoms with E-state index in [1.807, 2.05) is 26.8 Å². The second kappa shape index (κ2) is 6.05. The van der Waals surface area contributed by atoms with Gasteiger partial charge in [0.1, 0.15) is 0 Å². The summed E-state index contributed by atoms with van der Waals surface area (Å²) in [6.07, 6.45) is 1.00. The number of nitrogen functional groups attached to an aromatic ring is 1. The lowest BCUT2D eigenvalue weighted by Gasteiger charge is -2.25. The first-order valence-electron chi connectivity index (χ1n) is 6.03. The first-order valence-corrected chi connectivity index (χ1v) is 6.03. The molecule has 0 aliphatic rings. The van der Waals surface area contributed by atoms with Crippen molar-refractivity contribution in [2.75, 3.05) is 12.3 Å². The van der Waals surface area contributed by atoms with Gasteiger partial charge in [0.25, 0.3) is 5.91 Å². The van der Waals surface area contributed by atoms with Gasteiger partial charge in [0, 0.05) is 12.6 Å². The summed E-state index contributed by atoms with van der Waals surface area (Å²) in [5.74, 6) is -0.228. The molecule has 0 unspecified atom stereocenters. The average Bonchev–Trinajstić information content (AvgIpc) is 2.70. The van der Waals surface area contributed by atoms with Crippen molar-refractivity contribution in [1.29, 1.82) is 5.26 Å². The number of carbonyl (C=O) groups is 1. The van der Waals surface area contributed by atoms with Gasteiger partial charge in [-0.25, -0.2) is 0 Å². The molecule has 0 aliphatic carbocycles. The quantitative estimate of drug-likeness (QED) is 0.822. The van der Waals surface area contributed by atoms with Gasteiger partial charge >= 0.3 is 0 Å². The molecule has 0 saturated heterocycles. The van der Waals surface area contributed by atoms with Gasteiger partial charge in [-0.05, 0) is 20.3 Å². The van der Waals surface area contributed by atoms with Crippen LogP contribution in [0.5, 0.6) is 0 Å². The van der Waals surface area contributed by atoms with E-state index in [1.165, 1.54) is 0 Å². The first kappa shape index (κ1) is 14.0. The number of nitrogens with zero attached hydrogens (tertiary/aromatic N) is 3. The van der Waals surface area contributed by atoms with Gasteiger partial charge < -0.3 is 10.6 Å². The third-order valence-corrected chi connectivity index (χ3v) is 2.79. The van der Waals surface area contributed by atoms with Crippen molar-refractivity contribution in [2.24, 2.45) is 0 Å². The summed E-state index contributed by atoms with van der Waals surface area (Å²) in [4.78, 5) is 13.9. The monoisotopic (exact) mass is 249 g/mol. The highest BCUT2D eigenvalue weighted by atomic mass is 16.2. The normalized spacial score (nSPS) is 10.4. The van der Waals surface area contributed by atoms with Crippen LogP contribution in [0.3, 0.4) is 0 Å². The number of nitrogens with one attached hydrogen (secondary N) is 1. The zero-order chi connectivity index (χ0) is 13.7. The average molecular weight is 249 g/mol. The molecule has 0 atom stereocenters. The molecule has 18 heavy (non-hydrogen) atoms. The Balaban J connectivity index is 2.95. The number of nitriles is 1. The van der Waals surface area contributed by atoms with Crippen molar-refractivity contribution in [3.63, 3.8) is 0 Å². The fourth-order valence-corrected chi connectivity index (χ4v) is 1.72. The Morgan fingerprint density at radius 3 is 2.72 bits per heavy atom. The van der Waals surface area contributed by atoms with Crippen LogP contribution in [-0.4, -0.2) is 33.6 Å². The Bertz CT molecular complexity index is 458. The molecule has 1 amide bonds. The predicted octanol–water partition coefficient (Wildman–Crippen LogP) is 1.32. The predicted molar refractivity (Wildman–Crippen MR) is 68.8 cm³/mol. The number of aromatic nitrogens is 2. The largest absolute Gasteiger partial charge is 0.395 e. The second-order valence-corrected chi connectivity index (χ2v) is 4.32. The van der Waals surface area contributed by atoms with E-state index in [0.717, 1.165) is 5.69 Å². The summed E-state index contributed by atoms with van der Waals surface area (Å²) >= 11 is 0. The molecular weight excluding hydrogens is 230 g/mol. The summed E-state index contributed by atoms with van der Waals surface area (Å²) in [6.45, 7) is 6.13. The van der Waals surface area contributed by atoms with Crippen molar-refractivity contribution in [3.05, 3.63) is 11.4 Å². The fraction of sp³-hybridized carbons (Fsp3) is 0.583. The van der Waals surface area contributed by atoms with Crippen molar-refractivity contribution in [2.45, 2.75) is 39.7 Å². The second-order valence-electron chi connectivity index (χ2n) is 4.32. The number of aryl methyl sites for hydroxylation is 1. The minimum atomic E-state index is -0.228. The molecule has 3 N–H and O–H groups in total. The van der Waals surface area contributed by atoms with Gasteiger partial charge in [-0.15, -0.1) is 0 Å². The van der Waals surface area contributed by atoms with E-state index in [2.05, 4.69) is 10.2 Å². The molecule has 0 fully saturated rings. The third-order valence-electron chi connectivity index (χ3n) is 2.79. The molecule has 6 nitrogen and oxygen atoms in total. The van der Waals surface area contributed by atoms with Crippen molar-refractivity contribution in [3.8, 4) is 6.07 Å². The molecule has 0 spiro atoms. The van der Waals surface area contributed by atoms with E-state index < -0.39 is 0 Å². The molecule has 98 valence electrons. The Hall–Kier alpha value is -2.03. The van der Waals surface area contributed by atoms with Gasteiger partial charge in [-0.2, -0.15) is 10.4 Å². The number of nitrogens with two attached hydrogens (primary N) is 1. The van der Waals surface area contributed by atoms with Crippen molar-refractivity contribution >= 4 is 11.6 Å². The van der Waals surface area contributed by atoms with Crippen LogP contribution in [0.15, 0.2) is 0 Å². The highest BCUT2D eigenvalue weighted by Gasteiger charge is 2.24. The highest BCUT2D eigenvalue weighted by Crippen LogP contribution is 2.17. The lowest BCUT2D eigenvalue weighted by atomic mass is 10.2. The molecule has 0 aromatic carbocycles. The maximum atomic E-state index is 12.3. The van der Waals surface area contributed by atoms with Crippen LogP contribution in [0.1, 0.15) is 43.4 Å². The summed E-state index contributed by atoms with van der Waals surface area (Å²) in [6, 6.07) is 2.04. The van der Waals surface area contributed by atoms with Crippen LogP contribution in [-0.2, 0) is 6.42 Å². The minimum absolute atomic E-state index is 0.00651. The SMILES string of the molecule is CCc1[nH]nc(C(=O)N(CCC#N)C(C)C)c1N. The van der Waals surface area contributed by atoms with Crippen LogP contribution in [0.4, 0.5) is 5.69 Å². The number of carbonyl (C=O) groups excluding carboxylic acids is 1. The minimum Gasteiger partial charge on any atom is -0.395 e. The molecular formula is C12H19N5O. The van der Waals surface area contributed by atoms with Crippen molar-refractivity contribution in [1.82, 2.24) is 15.1 Å². The lowest BCUT2D eigenvalue weighted by Crippen LogP contribution is -2.38. The number of H-pyrrole nitrogens is 1.